The standard InChI is InChI=1S/C19H24N6O2S/c1-10-13-14(28-15(10)19(3,4)26)17(25-5-7-27-8-6-25)24-16(23-13)12-9-21-18(20)22-11(12)2/h9,26H,5-8H2,1-4H3,(H2,20,21,22). The maximum atomic E-state index is 10.6. The molecule has 9 heteroatoms. The average molecular weight is 401 g/mol. The number of nitrogen functional groups attached to an aromatic ring is 1. The summed E-state index contributed by atoms with van der Waals surface area (Å²) in [5.41, 5.74) is 8.07. The minimum Gasteiger partial charge on any atom is -0.385 e. The van der Waals surface area contributed by atoms with E-state index in [4.69, 9.17) is 20.4 Å². The lowest BCUT2D eigenvalue weighted by Gasteiger charge is -2.28. The van der Waals surface area contributed by atoms with Crippen LogP contribution >= 0.6 is 11.3 Å². The van der Waals surface area contributed by atoms with Crippen LogP contribution in [0, 0.1) is 13.8 Å². The average Bonchev–Trinajstić information content (AvgIpc) is 2.99. The number of aryl methyl sites for hydroxylation is 2. The molecule has 0 unspecified atom stereocenters. The molecule has 1 aliphatic rings. The highest BCUT2D eigenvalue weighted by Gasteiger charge is 2.28. The number of fused-ring (bicyclic) bond motifs is 1. The molecule has 0 atom stereocenters. The van der Waals surface area contributed by atoms with Crippen molar-refractivity contribution in [3.63, 3.8) is 0 Å². The number of thiophene rings is 1. The van der Waals surface area contributed by atoms with Crippen molar-refractivity contribution in [3.05, 3.63) is 22.3 Å². The Hall–Kier alpha value is -2.36. The van der Waals surface area contributed by atoms with Gasteiger partial charge >= 0.3 is 0 Å². The molecular weight excluding hydrogens is 376 g/mol. The van der Waals surface area contributed by atoms with Crippen LogP contribution in [0.3, 0.4) is 0 Å². The van der Waals surface area contributed by atoms with Crippen molar-refractivity contribution in [2.45, 2.75) is 33.3 Å². The highest BCUT2D eigenvalue weighted by atomic mass is 32.1. The van der Waals surface area contributed by atoms with Gasteiger partial charge in [0.2, 0.25) is 5.95 Å². The molecule has 0 amide bonds. The van der Waals surface area contributed by atoms with Gasteiger partial charge in [-0.05, 0) is 33.3 Å². The van der Waals surface area contributed by atoms with Gasteiger partial charge in [0.25, 0.3) is 0 Å². The number of aliphatic hydroxyl groups is 1. The van der Waals surface area contributed by atoms with Crippen LogP contribution in [0.2, 0.25) is 0 Å². The van der Waals surface area contributed by atoms with Crippen molar-refractivity contribution in [1.29, 1.82) is 0 Å². The van der Waals surface area contributed by atoms with Gasteiger partial charge in [0, 0.05) is 24.2 Å². The maximum Gasteiger partial charge on any atom is 0.220 e. The first-order valence-corrected chi connectivity index (χ1v) is 10.0. The van der Waals surface area contributed by atoms with Gasteiger partial charge in [-0.15, -0.1) is 11.3 Å². The Labute approximate surface area is 167 Å². The molecule has 0 aromatic carbocycles. The minimum absolute atomic E-state index is 0.228. The van der Waals surface area contributed by atoms with Gasteiger partial charge in [0.1, 0.15) is 0 Å². The van der Waals surface area contributed by atoms with Crippen LogP contribution in [0.1, 0.15) is 30.0 Å². The summed E-state index contributed by atoms with van der Waals surface area (Å²) < 4.78 is 6.49. The Kier molecular flexibility index (Phi) is 4.68. The molecule has 3 N–H and O–H groups in total. The first-order valence-electron chi connectivity index (χ1n) is 9.22. The Morgan fingerprint density at radius 2 is 1.89 bits per heavy atom. The van der Waals surface area contributed by atoms with E-state index >= 15 is 0 Å². The molecule has 4 rings (SSSR count). The fraction of sp³-hybridized carbons (Fsp3) is 0.474. The van der Waals surface area contributed by atoms with Gasteiger partial charge in [0.05, 0.1) is 40.3 Å². The number of nitrogens with two attached hydrogens (primary N) is 1. The zero-order chi connectivity index (χ0) is 20.1. The summed E-state index contributed by atoms with van der Waals surface area (Å²) in [4.78, 5) is 21.2. The van der Waals surface area contributed by atoms with Gasteiger partial charge in [0.15, 0.2) is 11.6 Å². The third kappa shape index (κ3) is 3.30. The van der Waals surface area contributed by atoms with Crippen LogP contribution in [0.25, 0.3) is 21.6 Å². The molecule has 1 saturated heterocycles. The number of ether oxygens (including phenoxy) is 1. The van der Waals surface area contributed by atoms with Gasteiger partial charge in [-0.25, -0.2) is 19.9 Å². The van der Waals surface area contributed by atoms with Crippen LogP contribution in [-0.4, -0.2) is 51.3 Å². The molecule has 0 radical (unpaired) electrons. The van der Waals surface area contributed by atoms with Gasteiger partial charge in [-0.3, -0.25) is 0 Å². The molecule has 3 aromatic rings. The van der Waals surface area contributed by atoms with E-state index < -0.39 is 5.60 Å². The van der Waals surface area contributed by atoms with E-state index in [0.29, 0.717) is 19.0 Å². The van der Waals surface area contributed by atoms with Crippen molar-refractivity contribution >= 4 is 33.3 Å². The van der Waals surface area contributed by atoms with E-state index in [1.807, 2.05) is 13.8 Å². The number of aromatic nitrogens is 4. The molecule has 0 aliphatic carbocycles. The van der Waals surface area contributed by atoms with E-state index in [-0.39, 0.29) is 5.95 Å². The van der Waals surface area contributed by atoms with Gasteiger partial charge in [-0.2, -0.15) is 0 Å². The Balaban J connectivity index is 1.98. The lowest BCUT2D eigenvalue weighted by Crippen LogP contribution is -2.36. The van der Waals surface area contributed by atoms with Crippen molar-refractivity contribution < 1.29 is 9.84 Å². The fourth-order valence-corrected chi connectivity index (χ4v) is 4.74. The van der Waals surface area contributed by atoms with Gasteiger partial charge in [-0.1, -0.05) is 0 Å². The molecule has 4 heterocycles. The van der Waals surface area contributed by atoms with Crippen molar-refractivity contribution in [2.24, 2.45) is 0 Å². The summed E-state index contributed by atoms with van der Waals surface area (Å²) in [6.07, 6.45) is 1.67. The van der Waals surface area contributed by atoms with Crippen LogP contribution in [0.5, 0.6) is 0 Å². The van der Waals surface area contributed by atoms with Crippen LogP contribution in [0.15, 0.2) is 6.20 Å². The highest BCUT2D eigenvalue weighted by molar-refractivity contribution is 7.20. The van der Waals surface area contributed by atoms with Crippen LogP contribution < -0.4 is 10.6 Å². The summed E-state index contributed by atoms with van der Waals surface area (Å²) in [7, 11) is 0. The zero-order valence-corrected chi connectivity index (χ0v) is 17.3. The topological polar surface area (TPSA) is 110 Å². The van der Waals surface area contributed by atoms with Crippen molar-refractivity contribution in [3.8, 4) is 11.4 Å². The van der Waals surface area contributed by atoms with Gasteiger partial charge < -0.3 is 20.5 Å². The lowest BCUT2D eigenvalue weighted by molar-refractivity contribution is 0.0820. The monoisotopic (exact) mass is 400 g/mol. The van der Waals surface area contributed by atoms with Crippen LogP contribution in [0.4, 0.5) is 11.8 Å². The smallest absolute Gasteiger partial charge is 0.220 e. The molecule has 0 saturated carbocycles. The Morgan fingerprint density at radius 3 is 2.54 bits per heavy atom. The second-order valence-corrected chi connectivity index (χ2v) is 8.51. The maximum absolute atomic E-state index is 10.6. The van der Waals surface area contributed by atoms with Crippen LogP contribution in [-0.2, 0) is 10.3 Å². The summed E-state index contributed by atoms with van der Waals surface area (Å²) in [6.45, 7) is 10.3. The molecule has 1 aliphatic heterocycles. The predicted molar refractivity (Wildman–Crippen MR) is 111 cm³/mol. The zero-order valence-electron chi connectivity index (χ0n) is 16.5. The third-order valence-corrected chi connectivity index (χ3v) is 6.44. The molecule has 0 spiro atoms. The predicted octanol–water partition coefficient (Wildman–Crippen LogP) is 2.41. The number of anilines is 2. The van der Waals surface area contributed by atoms with E-state index in [2.05, 4.69) is 14.9 Å². The number of hydrogen-bond acceptors (Lipinski definition) is 9. The first-order chi connectivity index (χ1) is 13.3. The third-order valence-electron chi connectivity index (χ3n) is 4.85. The molecule has 28 heavy (non-hydrogen) atoms. The summed E-state index contributed by atoms with van der Waals surface area (Å²) in [5.74, 6) is 1.66. The summed E-state index contributed by atoms with van der Waals surface area (Å²) in [6, 6.07) is 0. The first kappa shape index (κ1) is 19.0. The van der Waals surface area contributed by atoms with E-state index in [1.54, 1.807) is 31.4 Å². The molecule has 3 aromatic heterocycles. The van der Waals surface area contributed by atoms with E-state index in [9.17, 15) is 5.11 Å². The SMILES string of the molecule is Cc1nc(N)ncc1-c1nc(N2CCOCC2)c2sc(C(C)(C)O)c(C)c2n1. The van der Waals surface area contributed by atoms with Crippen molar-refractivity contribution in [1.82, 2.24) is 19.9 Å². The largest absolute Gasteiger partial charge is 0.385 e. The van der Waals surface area contributed by atoms with Crippen molar-refractivity contribution in [2.75, 3.05) is 36.9 Å². The fourth-order valence-electron chi connectivity index (χ4n) is 3.47. The number of morpholine rings is 1. The minimum atomic E-state index is -0.946. The Bertz CT molecular complexity index is 1040. The summed E-state index contributed by atoms with van der Waals surface area (Å²) >= 11 is 1.55. The molecular formula is C19H24N6O2S. The quantitative estimate of drug-likeness (QED) is 0.690. The molecule has 8 nitrogen and oxygen atoms in total. The normalized spacial score (nSPS) is 15.4. The molecule has 148 valence electrons. The summed E-state index contributed by atoms with van der Waals surface area (Å²) in [5, 5.41) is 10.6. The number of hydrogen-bond donors (Lipinski definition) is 2. The lowest BCUT2D eigenvalue weighted by atomic mass is 10.0. The second-order valence-electron chi connectivity index (χ2n) is 7.49. The number of rotatable bonds is 3. The van der Waals surface area contributed by atoms with E-state index in [0.717, 1.165) is 50.8 Å². The Morgan fingerprint density at radius 1 is 1.18 bits per heavy atom. The molecule has 1 fully saturated rings. The molecule has 0 bridgehead atoms. The van der Waals surface area contributed by atoms with E-state index in [1.165, 1.54) is 0 Å². The highest BCUT2D eigenvalue weighted by Crippen LogP contribution is 2.41. The second kappa shape index (κ2) is 6.91. The number of nitrogens with zero attached hydrogens (tertiary/aromatic N) is 5.